The van der Waals surface area contributed by atoms with E-state index in [0.717, 1.165) is 29.6 Å². The van der Waals surface area contributed by atoms with Gasteiger partial charge < -0.3 is 10.6 Å². The Morgan fingerprint density at radius 2 is 1.94 bits per heavy atom. The van der Waals surface area contributed by atoms with Crippen molar-refractivity contribution in [1.82, 2.24) is 35.6 Å². The van der Waals surface area contributed by atoms with Gasteiger partial charge in [0.25, 0.3) is 5.91 Å². The molecule has 1 amide bonds. The fraction of sp³-hybridized carbons (Fsp3) is 0.360. The number of hydrogen-bond acceptors (Lipinski definition) is 5. The summed E-state index contributed by atoms with van der Waals surface area (Å²) in [6.07, 6.45) is 0.366. The maximum atomic E-state index is 12.4. The predicted octanol–water partition coefficient (Wildman–Crippen LogP) is 3.80. The van der Waals surface area contributed by atoms with Crippen LogP contribution < -0.4 is 10.6 Å². The van der Waals surface area contributed by atoms with E-state index in [2.05, 4.69) is 21.6 Å². The average Bonchev–Trinajstić information content (AvgIpc) is 3.44. The van der Waals surface area contributed by atoms with Gasteiger partial charge in [-0.25, -0.2) is 9.67 Å². The highest BCUT2D eigenvalue weighted by Crippen LogP contribution is 2.45. The van der Waals surface area contributed by atoms with Gasteiger partial charge in [-0.3, -0.25) is 9.89 Å². The molecule has 0 bridgehead atoms. The summed E-state index contributed by atoms with van der Waals surface area (Å²) in [5.74, 6) is 1.07. The summed E-state index contributed by atoms with van der Waals surface area (Å²) >= 11 is 0. The highest BCUT2D eigenvalue weighted by Gasteiger charge is 2.29. The van der Waals surface area contributed by atoms with Crippen molar-refractivity contribution < 1.29 is 18.0 Å². The van der Waals surface area contributed by atoms with Crippen LogP contribution in [0.15, 0.2) is 42.6 Å². The molecule has 5 rings (SSSR count). The van der Waals surface area contributed by atoms with E-state index >= 15 is 0 Å². The van der Waals surface area contributed by atoms with Gasteiger partial charge in [-0.15, -0.1) is 0 Å². The van der Waals surface area contributed by atoms with Gasteiger partial charge in [-0.1, -0.05) is 18.2 Å². The van der Waals surface area contributed by atoms with Crippen LogP contribution >= 0.6 is 0 Å². The molecule has 2 aromatic heterocycles. The number of rotatable bonds is 9. The molecule has 188 valence electrons. The number of carbonyl (C=O) groups excluding carboxylic acids is 1. The van der Waals surface area contributed by atoms with Crippen LogP contribution in [-0.2, 0) is 13.0 Å². The van der Waals surface area contributed by atoms with Crippen LogP contribution in [0.2, 0.25) is 0 Å². The molecule has 1 aliphatic carbocycles. The Kier molecular flexibility index (Phi) is 6.48. The molecule has 2 aromatic carbocycles. The molecule has 11 heteroatoms. The summed E-state index contributed by atoms with van der Waals surface area (Å²) in [7, 11) is 1.87. The van der Waals surface area contributed by atoms with Gasteiger partial charge in [0.1, 0.15) is 12.4 Å². The summed E-state index contributed by atoms with van der Waals surface area (Å²) in [5, 5.41) is 18.1. The van der Waals surface area contributed by atoms with Crippen LogP contribution in [0.3, 0.4) is 0 Å². The largest absolute Gasteiger partial charge is 0.405 e. The van der Waals surface area contributed by atoms with Crippen LogP contribution in [0.4, 0.5) is 13.2 Å². The fourth-order valence-corrected chi connectivity index (χ4v) is 4.34. The van der Waals surface area contributed by atoms with Crippen molar-refractivity contribution >= 4 is 16.8 Å². The lowest BCUT2D eigenvalue weighted by molar-refractivity contribution is -0.123. The number of alkyl halides is 3. The van der Waals surface area contributed by atoms with E-state index < -0.39 is 18.6 Å². The van der Waals surface area contributed by atoms with Gasteiger partial charge in [0.2, 0.25) is 0 Å². The van der Waals surface area contributed by atoms with Crippen LogP contribution in [0, 0.1) is 0 Å². The summed E-state index contributed by atoms with van der Waals surface area (Å²) < 4.78 is 39.1. The van der Waals surface area contributed by atoms with Gasteiger partial charge in [0.05, 0.1) is 18.3 Å². The minimum Gasteiger partial charge on any atom is -0.343 e. The van der Waals surface area contributed by atoms with Crippen LogP contribution in [0.1, 0.15) is 46.1 Å². The van der Waals surface area contributed by atoms with Crippen molar-refractivity contribution in [3.05, 3.63) is 65.1 Å². The maximum absolute atomic E-state index is 12.4. The smallest absolute Gasteiger partial charge is 0.343 e. The van der Waals surface area contributed by atoms with Gasteiger partial charge in [0, 0.05) is 29.5 Å². The second kappa shape index (κ2) is 9.73. The lowest BCUT2D eigenvalue weighted by Gasteiger charge is -2.11. The standard InChI is InChI=1S/C25H26F3N7O/c1-29-10-11-35-21(12-18-8-9-20-19(13-31-33-20)22(18)15-2-3-15)32-23(34-35)16-4-6-17(7-5-16)24(36)30-14-25(26,27)28/h4-9,13,15,29H,2-3,10-12,14H2,1H3,(H,30,36)(H,31,33). The van der Waals surface area contributed by atoms with Crippen molar-refractivity contribution in [2.24, 2.45) is 0 Å². The van der Waals surface area contributed by atoms with E-state index in [0.29, 0.717) is 36.8 Å². The second-order valence-corrected chi connectivity index (χ2v) is 8.97. The maximum Gasteiger partial charge on any atom is 0.405 e. The molecule has 0 aliphatic heterocycles. The molecule has 4 aromatic rings. The average molecular weight is 498 g/mol. The predicted molar refractivity (Wildman–Crippen MR) is 129 cm³/mol. The zero-order valence-corrected chi connectivity index (χ0v) is 19.7. The van der Waals surface area contributed by atoms with Crippen LogP contribution in [0.25, 0.3) is 22.3 Å². The Balaban J connectivity index is 1.41. The van der Waals surface area contributed by atoms with Crippen molar-refractivity contribution in [2.75, 3.05) is 20.1 Å². The number of H-pyrrole nitrogens is 1. The fourth-order valence-electron chi connectivity index (χ4n) is 4.34. The first-order valence-corrected chi connectivity index (χ1v) is 11.8. The molecular weight excluding hydrogens is 471 g/mol. The summed E-state index contributed by atoms with van der Waals surface area (Å²) in [6, 6.07) is 10.4. The quantitative estimate of drug-likeness (QED) is 0.327. The van der Waals surface area contributed by atoms with E-state index in [1.165, 1.54) is 23.3 Å². The van der Waals surface area contributed by atoms with Gasteiger partial charge >= 0.3 is 6.18 Å². The molecule has 1 fully saturated rings. The molecule has 0 saturated heterocycles. The third-order valence-electron chi connectivity index (χ3n) is 6.27. The lowest BCUT2D eigenvalue weighted by atomic mass is 9.96. The van der Waals surface area contributed by atoms with Crippen LogP contribution in [-0.4, -0.2) is 57.2 Å². The Labute approximate surface area is 205 Å². The zero-order chi connectivity index (χ0) is 25.3. The third-order valence-corrected chi connectivity index (χ3v) is 6.27. The molecular formula is C25H26F3N7O. The second-order valence-electron chi connectivity index (χ2n) is 8.97. The minimum absolute atomic E-state index is 0.139. The summed E-state index contributed by atoms with van der Waals surface area (Å²) in [5.41, 5.74) is 4.37. The minimum atomic E-state index is -4.46. The van der Waals surface area contributed by atoms with Crippen molar-refractivity contribution in [1.29, 1.82) is 0 Å². The highest BCUT2D eigenvalue weighted by molar-refractivity contribution is 5.94. The summed E-state index contributed by atoms with van der Waals surface area (Å²) in [4.78, 5) is 16.8. The number of halogens is 3. The Morgan fingerprint density at radius 1 is 1.17 bits per heavy atom. The number of amides is 1. The SMILES string of the molecule is CNCCn1nc(-c2ccc(C(=O)NCC(F)(F)F)cc2)nc1Cc1ccc2[nH]ncc2c1C1CC1. The summed E-state index contributed by atoms with van der Waals surface area (Å²) in [6.45, 7) is -0.0321. The molecule has 36 heavy (non-hydrogen) atoms. The van der Waals surface area contributed by atoms with Crippen molar-refractivity contribution in [3.63, 3.8) is 0 Å². The number of hydrogen-bond donors (Lipinski definition) is 3. The van der Waals surface area contributed by atoms with Gasteiger partial charge in [0.15, 0.2) is 5.82 Å². The van der Waals surface area contributed by atoms with Gasteiger partial charge in [-0.2, -0.15) is 23.4 Å². The number of fused-ring (bicyclic) bond motifs is 1. The number of aromatic amines is 1. The molecule has 0 unspecified atom stereocenters. The van der Waals surface area contributed by atoms with Crippen molar-refractivity contribution in [2.45, 2.75) is 37.9 Å². The first-order valence-electron chi connectivity index (χ1n) is 11.8. The molecule has 3 N–H and O–H groups in total. The molecule has 0 spiro atoms. The number of nitrogens with zero attached hydrogens (tertiary/aromatic N) is 4. The zero-order valence-electron chi connectivity index (χ0n) is 19.7. The van der Waals surface area contributed by atoms with E-state index in [1.807, 2.05) is 29.3 Å². The van der Waals surface area contributed by atoms with E-state index in [4.69, 9.17) is 10.1 Å². The molecule has 8 nitrogen and oxygen atoms in total. The number of nitrogens with one attached hydrogen (secondary N) is 3. The van der Waals surface area contributed by atoms with E-state index in [1.54, 1.807) is 12.1 Å². The molecule has 1 saturated carbocycles. The Hall–Kier alpha value is -3.73. The highest BCUT2D eigenvalue weighted by atomic mass is 19.4. The number of likely N-dealkylation sites (N-methyl/N-ethyl adjacent to an activating group) is 1. The monoisotopic (exact) mass is 497 g/mol. The van der Waals surface area contributed by atoms with Crippen LogP contribution in [0.5, 0.6) is 0 Å². The normalized spacial score (nSPS) is 13.9. The van der Waals surface area contributed by atoms with Crippen molar-refractivity contribution in [3.8, 4) is 11.4 Å². The molecule has 0 radical (unpaired) electrons. The van der Waals surface area contributed by atoms with E-state index in [-0.39, 0.29) is 5.56 Å². The lowest BCUT2D eigenvalue weighted by Crippen LogP contribution is -2.33. The number of aromatic nitrogens is 5. The van der Waals surface area contributed by atoms with Gasteiger partial charge in [-0.05, 0) is 55.1 Å². The first-order chi connectivity index (χ1) is 17.3. The third kappa shape index (κ3) is 5.25. The number of carbonyl (C=O) groups is 1. The first kappa shape index (κ1) is 24.0. The number of benzene rings is 2. The molecule has 2 heterocycles. The molecule has 0 atom stereocenters. The molecule has 1 aliphatic rings. The Bertz CT molecular complexity index is 1370. The Morgan fingerprint density at radius 3 is 2.64 bits per heavy atom. The topological polar surface area (TPSA) is 101 Å². The van der Waals surface area contributed by atoms with E-state index in [9.17, 15) is 18.0 Å².